The number of hydrogen-bond acceptors (Lipinski definition) is 8. The van der Waals surface area contributed by atoms with Crippen LogP contribution in [0.2, 0.25) is 0 Å². The van der Waals surface area contributed by atoms with Crippen LogP contribution < -0.4 is 9.64 Å². The lowest BCUT2D eigenvalue weighted by molar-refractivity contribution is -0.0592. The molecule has 11 heteroatoms. The van der Waals surface area contributed by atoms with Crippen LogP contribution >= 0.6 is 0 Å². The van der Waals surface area contributed by atoms with Crippen molar-refractivity contribution in [3.63, 3.8) is 0 Å². The summed E-state index contributed by atoms with van der Waals surface area (Å²) in [5.74, 6) is 0.773. The quantitative estimate of drug-likeness (QED) is 0.307. The number of likely N-dealkylation sites (tertiary alicyclic amines) is 1. The van der Waals surface area contributed by atoms with E-state index in [1.807, 2.05) is 18.2 Å². The first-order valence-corrected chi connectivity index (χ1v) is 14.6. The number of rotatable bonds is 9. The van der Waals surface area contributed by atoms with Gasteiger partial charge in [0.1, 0.15) is 24.1 Å². The van der Waals surface area contributed by atoms with Gasteiger partial charge in [-0.3, -0.25) is 4.90 Å². The second-order valence-electron chi connectivity index (χ2n) is 11.5. The van der Waals surface area contributed by atoms with E-state index in [1.54, 1.807) is 36.4 Å². The Morgan fingerprint density at radius 2 is 1.91 bits per heavy atom. The van der Waals surface area contributed by atoms with Gasteiger partial charge in [-0.2, -0.15) is 10.2 Å². The van der Waals surface area contributed by atoms with Crippen molar-refractivity contribution in [1.29, 1.82) is 5.26 Å². The monoisotopic (exact) mass is 582 g/mol. The minimum absolute atomic E-state index is 0.0233. The molecule has 7 rings (SSSR count). The number of fused-ring (bicyclic) bond motifs is 3. The molecule has 0 amide bonds. The number of carboxylic acids is 1. The van der Waals surface area contributed by atoms with Crippen LogP contribution in [0.15, 0.2) is 54.6 Å². The van der Waals surface area contributed by atoms with Crippen molar-refractivity contribution in [2.45, 2.75) is 57.1 Å². The number of ether oxygens (including phenoxy) is 2. The van der Waals surface area contributed by atoms with Crippen LogP contribution in [0.1, 0.15) is 46.6 Å². The maximum atomic E-state index is 14.3. The van der Waals surface area contributed by atoms with Crippen molar-refractivity contribution in [3.8, 4) is 11.9 Å². The third kappa shape index (κ3) is 5.40. The average Bonchev–Trinajstić information content (AvgIpc) is 3.46. The minimum Gasteiger partial charge on any atom is -0.478 e. The van der Waals surface area contributed by atoms with E-state index in [0.717, 1.165) is 61.6 Å². The summed E-state index contributed by atoms with van der Waals surface area (Å²) in [6, 6.07) is 17.6. The zero-order valence-electron chi connectivity index (χ0n) is 23.5. The first-order valence-electron chi connectivity index (χ1n) is 14.6. The molecule has 3 aliphatic heterocycles. The molecule has 0 radical (unpaired) electrons. The predicted molar refractivity (Wildman–Crippen MR) is 155 cm³/mol. The van der Waals surface area contributed by atoms with Crippen LogP contribution in [0, 0.1) is 17.1 Å². The summed E-state index contributed by atoms with van der Waals surface area (Å²) in [5.41, 5.74) is 2.51. The number of anilines is 1. The van der Waals surface area contributed by atoms with Gasteiger partial charge in [0, 0.05) is 43.4 Å². The lowest BCUT2D eigenvalue weighted by atomic mass is 10.1. The van der Waals surface area contributed by atoms with Crippen LogP contribution in [-0.2, 0) is 24.4 Å². The molecule has 2 aromatic carbocycles. The zero-order valence-corrected chi connectivity index (χ0v) is 23.5. The van der Waals surface area contributed by atoms with Crippen molar-refractivity contribution in [2.24, 2.45) is 0 Å². The summed E-state index contributed by atoms with van der Waals surface area (Å²) in [7, 11) is 0. The number of benzene rings is 2. The average molecular weight is 583 g/mol. The van der Waals surface area contributed by atoms with E-state index in [1.165, 1.54) is 6.07 Å². The fraction of sp³-hybridized carbons (Fsp3) is 0.375. The summed E-state index contributed by atoms with van der Waals surface area (Å²) in [6.07, 6.45) is 3.21. The third-order valence-corrected chi connectivity index (χ3v) is 8.71. The Labute approximate surface area is 247 Å². The van der Waals surface area contributed by atoms with Crippen LogP contribution in [0.4, 0.5) is 10.2 Å². The number of nitrogens with zero attached hydrogens (tertiary/aromatic N) is 6. The number of aromatic carboxylic acids is 1. The molecule has 3 aliphatic rings. The van der Waals surface area contributed by atoms with Crippen molar-refractivity contribution in [2.75, 3.05) is 24.6 Å². The van der Waals surface area contributed by atoms with E-state index >= 15 is 0 Å². The number of carboxylic acid groups (broad SMARTS) is 1. The molecule has 2 aromatic heterocycles. The summed E-state index contributed by atoms with van der Waals surface area (Å²) in [6.45, 7) is 3.80. The van der Waals surface area contributed by atoms with Gasteiger partial charge >= 0.3 is 5.97 Å². The van der Waals surface area contributed by atoms with E-state index in [4.69, 9.17) is 24.7 Å². The van der Waals surface area contributed by atoms with Gasteiger partial charge in [0.15, 0.2) is 0 Å². The molecule has 3 atom stereocenters. The van der Waals surface area contributed by atoms with Crippen molar-refractivity contribution in [3.05, 3.63) is 82.9 Å². The second kappa shape index (κ2) is 11.3. The van der Waals surface area contributed by atoms with Crippen LogP contribution in [0.25, 0.3) is 11.0 Å². The number of imidazole rings is 1. The van der Waals surface area contributed by atoms with Gasteiger partial charge in [-0.15, -0.1) is 0 Å². The highest BCUT2D eigenvalue weighted by Crippen LogP contribution is 2.35. The Kier molecular flexibility index (Phi) is 7.16. The number of aromatic nitrogens is 3. The maximum Gasteiger partial charge on any atom is 0.335 e. The first-order chi connectivity index (χ1) is 20.9. The highest BCUT2D eigenvalue weighted by atomic mass is 19.1. The molecular formula is C32H31FN6O4. The van der Waals surface area contributed by atoms with Gasteiger partial charge in [-0.05, 0) is 55.7 Å². The van der Waals surface area contributed by atoms with Gasteiger partial charge < -0.3 is 24.0 Å². The third-order valence-electron chi connectivity index (χ3n) is 8.71. The van der Waals surface area contributed by atoms with Gasteiger partial charge in [-0.1, -0.05) is 12.1 Å². The molecule has 3 saturated heterocycles. The number of piperazine rings is 1. The normalized spacial score (nSPS) is 21.5. The van der Waals surface area contributed by atoms with Crippen LogP contribution in [0.3, 0.4) is 0 Å². The molecule has 3 fully saturated rings. The molecule has 0 saturated carbocycles. The van der Waals surface area contributed by atoms with Crippen molar-refractivity contribution in [1.82, 2.24) is 19.4 Å². The van der Waals surface area contributed by atoms with Crippen molar-refractivity contribution >= 4 is 22.8 Å². The molecule has 0 aliphatic carbocycles. The van der Waals surface area contributed by atoms with Gasteiger partial charge in [-0.25, -0.2) is 14.2 Å². The topological polar surface area (TPSA) is 117 Å². The molecular weight excluding hydrogens is 551 g/mol. The smallest absolute Gasteiger partial charge is 0.335 e. The summed E-state index contributed by atoms with van der Waals surface area (Å²) >= 11 is 0. The number of halogens is 1. The van der Waals surface area contributed by atoms with Crippen LogP contribution in [0.5, 0.6) is 5.88 Å². The molecule has 0 spiro atoms. The Morgan fingerprint density at radius 1 is 1.09 bits per heavy atom. The molecule has 220 valence electrons. The van der Waals surface area contributed by atoms with Gasteiger partial charge in [0.2, 0.25) is 5.88 Å². The Morgan fingerprint density at radius 3 is 2.60 bits per heavy atom. The number of pyridine rings is 1. The van der Waals surface area contributed by atoms with E-state index in [0.29, 0.717) is 24.5 Å². The van der Waals surface area contributed by atoms with E-state index in [-0.39, 0.29) is 35.9 Å². The largest absolute Gasteiger partial charge is 0.478 e. The summed E-state index contributed by atoms with van der Waals surface area (Å²) in [5, 5.41) is 18.5. The highest BCUT2D eigenvalue weighted by Gasteiger charge is 2.41. The number of hydrogen-bond donors (Lipinski definition) is 1. The fourth-order valence-electron chi connectivity index (χ4n) is 6.47. The summed E-state index contributed by atoms with van der Waals surface area (Å²) in [4.78, 5) is 26.2. The van der Waals surface area contributed by atoms with Gasteiger partial charge in [0.05, 0.1) is 47.4 Å². The number of carbonyl (C=O) groups is 1. The fourth-order valence-corrected chi connectivity index (χ4v) is 6.47. The molecule has 2 bridgehead atoms. The standard InChI is InChI=1S/C32H31FN6O4/c33-26-12-20(14-34)4-5-22(26)19-43-31-3-1-2-29(36-31)39-23-7-8-24(39)16-37(15-23)18-30-35-27-9-6-21(32(40)41)13-28(27)38(30)17-25-10-11-42-25/h1-6,9,12-13,23-25H,7-8,10-11,15-19H2,(H,40,41). The second-order valence-corrected chi connectivity index (χ2v) is 11.5. The Balaban J connectivity index is 1.06. The molecule has 43 heavy (non-hydrogen) atoms. The Hall–Kier alpha value is -4.53. The van der Waals surface area contributed by atoms with Gasteiger partial charge in [0.25, 0.3) is 0 Å². The highest BCUT2D eigenvalue weighted by molar-refractivity contribution is 5.92. The van der Waals surface area contributed by atoms with Crippen LogP contribution in [-0.4, -0.2) is 68.4 Å². The predicted octanol–water partition coefficient (Wildman–Crippen LogP) is 4.36. The van der Waals surface area contributed by atoms with Crippen molar-refractivity contribution < 1.29 is 23.8 Å². The molecule has 5 heterocycles. The lowest BCUT2D eigenvalue weighted by Crippen LogP contribution is -2.54. The van der Waals surface area contributed by atoms with E-state index < -0.39 is 11.8 Å². The molecule has 1 N–H and O–H groups in total. The molecule has 10 nitrogen and oxygen atoms in total. The number of nitriles is 1. The minimum atomic E-state index is -0.951. The zero-order chi connectivity index (χ0) is 29.5. The summed E-state index contributed by atoms with van der Waals surface area (Å²) < 4.78 is 28.0. The first kappa shape index (κ1) is 27.3. The maximum absolute atomic E-state index is 14.3. The molecule has 3 unspecified atom stereocenters. The lowest BCUT2D eigenvalue weighted by Gasteiger charge is -2.41. The van der Waals surface area contributed by atoms with E-state index in [2.05, 4.69) is 14.4 Å². The van der Waals surface area contributed by atoms with E-state index in [9.17, 15) is 14.3 Å². The Bertz CT molecular complexity index is 1720. The molecule has 4 aromatic rings. The SMILES string of the molecule is N#Cc1ccc(COc2cccc(N3C4CCC3CN(Cc3nc5ccc(C(=O)O)cc5n3CC3CCO3)C4)n2)c(F)c1.